The van der Waals surface area contributed by atoms with E-state index in [0.717, 1.165) is 5.39 Å². The van der Waals surface area contributed by atoms with Gasteiger partial charge in [0.2, 0.25) is 5.76 Å². The SMILES string of the molecule is CCOc1ccc2oc(C(=O)O[C@H](C)c3nc4ccccc4c(=O)[nH]3)c(C)c2c1. The van der Waals surface area contributed by atoms with E-state index in [-0.39, 0.29) is 17.1 Å². The molecule has 0 aliphatic heterocycles. The quantitative estimate of drug-likeness (QED) is 0.509. The Labute approximate surface area is 166 Å². The lowest BCUT2D eigenvalue weighted by atomic mass is 10.1. The second kappa shape index (κ2) is 7.43. The number of H-pyrrole nitrogens is 1. The fraction of sp³-hybridized carbons (Fsp3) is 0.227. The van der Waals surface area contributed by atoms with Gasteiger partial charge < -0.3 is 18.9 Å². The van der Waals surface area contributed by atoms with Gasteiger partial charge in [0.25, 0.3) is 5.56 Å². The van der Waals surface area contributed by atoms with Crippen molar-refractivity contribution in [1.29, 1.82) is 0 Å². The number of nitrogens with zero attached hydrogens (tertiary/aromatic N) is 1. The minimum absolute atomic E-state index is 0.114. The zero-order valence-electron chi connectivity index (χ0n) is 16.3. The molecule has 2 heterocycles. The van der Waals surface area contributed by atoms with Gasteiger partial charge in [-0.15, -0.1) is 0 Å². The van der Waals surface area contributed by atoms with Crippen LogP contribution in [0.1, 0.15) is 41.9 Å². The summed E-state index contributed by atoms with van der Waals surface area (Å²) in [6.45, 7) is 5.89. The Morgan fingerprint density at radius 2 is 2.00 bits per heavy atom. The Balaban J connectivity index is 1.62. The molecule has 0 radical (unpaired) electrons. The number of ether oxygens (including phenoxy) is 2. The summed E-state index contributed by atoms with van der Waals surface area (Å²) < 4.78 is 16.7. The molecule has 1 atom stereocenters. The van der Waals surface area contributed by atoms with Crippen molar-refractivity contribution in [2.45, 2.75) is 26.9 Å². The Hall–Kier alpha value is -3.61. The molecule has 1 N–H and O–H groups in total. The molecule has 148 valence electrons. The topological polar surface area (TPSA) is 94.4 Å². The van der Waals surface area contributed by atoms with E-state index >= 15 is 0 Å². The minimum Gasteiger partial charge on any atom is -0.494 e. The molecule has 4 rings (SSSR count). The van der Waals surface area contributed by atoms with Crippen LogP contribution >= 0.6 is 0 Å². The monoisotopic (exact) mass is 392 g/mol. The molecule has 7 heteroatoms. The van der Waals surface area contributed by atoms with Crippen molar-refractivity contribution in [1.82, 2.24) is 9.97 Å². The molecular formula is C22H20N2O5. The van der Waals surface area contributed by atoms with Crippen molar-refractivity contribution in [3.8, 4) is 5.75 Å². The number of carbonyl (C=O) groups is 1. The van der Waals surface area contributed by atoms with E-state index in [0.29, 0.717) is 34.4 Å². The lowest BCUT2D eigenvalue weighted by molar-refractivity contribution is 0.0285. The molecule has 2 aromatic heterocycles. The molecule has 0 aliphatic rings. The van der Waals surface area contributed by atoms with E-state index in [4.69, 9.17) is 13.9 Å². The highest BCUT2D eigenvalue weighted by atomic mass is 16.6. The molecule has 2 aromatic carbocycles. The summed E-state index contributed by atoms with van der Waals surface area (Å²) in [6.07, 6.45) is -0.758. The van der Waals surface area contributed by atoms with Crippen molar-refractivity contribution < 1.29 is 18.7 Å². The number of aryl methyl sites for hydroxylation is 1. The number of para-hydroxylation sites is 1. The number of fused-ring (bicyclic) bond motifs is 2. The smallest absolute Gasteiger partial charge is 0.375 e. The summed E-state index contributed by atoms with van der Waals surface area (Å²) in [5, 5.41) is 1.26. The largest absolute Gasteiger partial charge is 0.494 e. The number of esters is 1. The van der Waals surface area contributed by atoms with E-state index in [9.17, 15) is 9.59 Å². The second-order valence-corrected chi connectivity index (χ2v) is 6.66. The van der Waals surface area contributed by atoms with Crippen LogP contribution in [0.15, 0.2) is 51.7 Å². The maximum absolute atomic E-state index is 12.7. The lowest BCUT2D eigenvalue weighted by Crippen LogP contribution is -2.17. The molecule has 0 fully saturated rings. The van der Waals surface area contributed by atoms with Gasteiger partial charge in [-0.25, -0.2) is 9.78 Å². The molecule has 0 aliphatic carbocycles. The van der Waals surface area contributed by atoms with Gasteiger partial charge in [-0.3, -0.25) is 4.79 Å². The van der Waals surface area contributed by atoms with E-state index < -0.39 is 12.1 Å². The summed E-state index contributed by atoms with van der Waals surface area (Å²) >= 11 is 0. The summed E-state index contributed by atoms with van der Waals surface area (Å²) in [4.78, 5) is 32.0. The number of aromatic nitrogens is 2. The van der Waals surface area contributed by atoms with Gasteiger partial charge in [0, 0.05) is 10.9 Å². The van der Waals surface area contributed by atoms with Crippen LogP contribution in [0.3, 0.4) is 0 Å². The Bertz CT molecular complexity index is 1270. The van der Waals surface area contributed by atoms with Gasteiger partial charge in [0.05, 0.1) is 17.5 Å². The summed E-state index contributed by atoms with van der Waals surface area (Å²) in [6, 6.07) is 12.4. The minimum atomic E-state index is -0.758. The zero-order valence-corrected chi connectivity index (χ0v) is 16.3. The highest BCUT2D eigenvalue weighted by molar-refractivity contribution is 5.96. The van der Waals surface area contributed by atoms with Crippen molar-refractivity contribution in [2.75, 3.05) is 6.61 Å². The zero-order chi connectivity index (χ0) is 20.5. The number of benzene rings is 2. The highest BCUT2D eigenvalue weighted by Crippen LogP contribution is 2.30. The highest BCUT2D eigenvalue weighted by Gasteiger charge is 2.23. The molecule has 0 bridgehead atoms. The average molecular weight is 392 g/mol. The van der Waals surface area contributed by atoms with Crippen molar-refractivity contribution in [2.24, 2.45) is 0 Å². The van der Waals surface area contributed by atoms with Gasteiger partial charge in [0.1, 0.15) is 11.3 Å². The van der Waals surface area contributed by atoms with Gasteiger partial charge in [-0.1, -0.05) is 12.1 Å². The van der Waals surface area contributed by atoms with Gasteiger partial charge in [-0.05, 0) is 51.1 Å². The molecule has 7 nitrogen and oxygen atoms in total. The second-order valence-electron chi connectivity index (χ2n) is 6.66. The van der Waals surface area contributed by atoms with Crippen molar-refractivity contribution in [3.63, 3.8) is 0 Å². The maximum atomic E-state index is 12.7. The maximum Gasteiger partial charge on any atom is 0.375 e. The molecular weight excluding hydrogens is 372 g/mol. The van der Waals surface area contributed by atoms with Crippen LogP contribution in [0, 0.1) is 6.92 Å². The van der Waals surface area contributed by atoms with Crippen LogP contribution < -0.4 is 10.3 Å². The van der Waals surface area contributed by atoms with Crippen LogP contribution in [0.4, 0.5) is 0 Å². The van der Waals surface area contributed by atoms with Crippen LogP contribution in [0.2, 0.25) is 0 Å². The van der Waals surface area contributed by atoms with Crippen molar-refractivity contribution in [3.05, 3.63) is 70.0 Å². The van der Waals surface area contributed by atoms with Gasteiger partial charge in [0.15, 0.2) is 11.9 Å². The summed E-state index contributed by atoms with van der Waals surface area (Å²) in [5.41, 5.74) is 1.50. The number of nitrogens with one attached hydrogen (secondary N) is 1. The number of aromatic amines is 1. The summed E-state index contributed by atoms with van der Waals surface area (Å²) in [7, 11) is 0. The number of hydrogen-bond acceptors (Lipinski definition) is 6. The number of rotatable bonds is 5. The van der Waals surface area contributed by atoms with Crippen LogP contribution in [0.5, 0.6) is 5.75 Å². The summed E-state index contributed by atoms with van der Waals surface area (Å²) in [5.74, 6) is 0.466. The molecule has 29 heavy (non-hydrogen) atoms. The first-order valence-corrected chi connectivity index (χ1v) is 9.33. The third-order valence-corrected chi connectivity index (χ3v) is 4.70. The average Bonchev–Trinajstić information content (AvgIpc) is 3.04. The Morgan fingerprint density at radius 1 is 1.21 bits per heavy atom. The van der Waals surface area contributed by atoms with Crippen LogP contribution in [-0.2, 0) is 4.74 Å². The molecule has 0 saturated carbocycles. The normalized spacial score (nSPS) is 12.2. The molecule has 0 unspecified atom stereocenters. The molecule has 0 amide bonds. The Morgan fingerprint density at radius 3 is 2.79 bits per heavy atom. The fourth-order valence-corrected chi connectivity index (χ4v) is 3.22. The van der Waals surface area contributed by atoms with Crippen molar-refractivity contribution >= 4 is 27.8 Å². The third kappa shape index (κ3) is 3.47. The first-order chi connectivity index (χ1) is 14.0. The van der Waals surface area contributed by atoms with E-state index in [1.165, 1.54) is 0 Å². The van der Waals surface area contributed by atoms with E-state index in [1.807, 2.05) is 13.0 Å². The first kappa shape index (κ1) is 18.7. The predicted molar refractivity (Wildman–Crippen MR) is 108 cm³/mol. The number of furan rings is 1. The van der Waals surface area contributed by atoms with E-state index in [1.54, 1.807) is 50.2 Å². The lowest BCUT2D eigenvalue weighted by Gasteiger charge is -2.12. The fourth-order valence-electron chi connectivity index (χ4n) is 3.22. The number of hydrogen-bond donors (Lipinski definition) is 1. The Kier molecular flexibility index (Phi) is 4.80. The van der Waals surface area contributed by atoms with E-state index in [2.05, 4.69) is 9.97 Å². The first-order valence-electron chi connectivity index (χ1n) is 9.33. The molecule has 0 saturated heterocycles. The van der Waals surface area contributed by atoms with Gasteiger partial charge in [-0.2, -0.15) is 0 Å². The van der Waals surface area contributed by atoms with Gasteiger partial charge >= 0.3 is 5.97 Å². The third-order valence-electron chi connectivity index (χ3n) is 4.70. The standard InChI is InChI=1S/C22H20N2O5/c1-4-27-14-9-10-18-16(11-14)12(2)19(29-18)22(26)28-13(3)20-23-17-8-6-5-7-15(17)21(25)24-20/h5-11,13H,4H2,1-3H3,(H,23,24,25)/t13-/m1/s1. The molecule has 0 spiro atoms. The van der Waals surface area contributed by atoms with Crippen LogP contribution in [0.25, 0.3) is 21.9 Å². The molecule has 4 aromatic rings. The van der Waals surface area contributed by atoms with Crippen LogP contribution in [-0.4, -0.2) is 22.5 Å². The predicted octanol–water partition coefficient (Wildman–Crippen LogP) is 4.29. The number of carbonyl (C=O) groups excluding carboxylic acids is 1.